The Balaban J connectivity index is 1.83. The molecule has 0 aromatic heterocycles. The lowest BCUT2D eigenvalue weighted by molar-refractivity contribution is -0.155. The highest BCUT2D eigenvalue weighted by molar-refractivity contribution is 5.95. The van der Waals surface area contributed by atoms with Crippen molar-refractivity contribution in [2.45, 2.75) is 39.2 Å². The quantitative estimate of drug-likeness (QED) is 0.770. The number of benzene rings is 2. The van der Waals surface area contributed by atoms with E-state index in [2.05, 4.69) is 26.1 Å². The fourth-order valence-electron chi connectivity index (χ4n) is 2.39. The third-order valence-electron chi connectivity index (χ3n) is 4.01. The van der Waals surface area contributed by atoms with Gasteiger partial charge in [-0.25, -0.2) is 4.79 Å². The molecule has 28 heavy (non-hydrogen) atoms. The first-order valence-electron chi connectivity index (χ1n) is 8.93. The van der Waals surface area contributed by atoms with Crippen molar-refractivity contribution in [2.75, 3.05) is 11.9 Å². The number of amides is 1. The molecule has 0 aliphatic carbocycles. The van der Waals surface area contributed by atoms with Crippen LogP contribution in [0.2, 0.25) is 0 Å². The molecule has 1 amide bonds. The minimum Gasteiger partial charge on any atom is -0.482 e. The first kappa shape index (κ1) is 21.0. The summed E-state index contributed by atoms with van der Waals surface area (Å²) in [4.78, 5) is 24.1. The number of hydrogen-bond donors (Lipinski definition) is 1. The van der Waals surface area contributed by atoms with Gasteiger partial charge in [0.15, 0.2) is 12.7 Å². The number of nitrogens with one attached hydrogen (secondary N) is 1. The highest BCUT2D eigenvalue weighted by Crippen LogP contribution is 2.24. The number of carbonyl (C=O) groups is 2. The number of rotatable bonds is 6. The Labute approximate surface area is 165 Å². The first-order valence-corrected chi connectivity index (χ1v) is 8.93. The van der Waals surface area contributed by atoms with Crippen LogP contribution in [-0.2, 0) is 19.7 Å². The predicted molar refractivity (Wildman–Crippen MR) is 106 cm³/mol. The van der Waals surface area contributed by atoms with E-state index in [9.17, 15) is 9.59 Å². The Kier molecular flexibility index (Phi) is 6.78. The molecule has 2 aromatic carbocycles. The fourth-order valence-corrected chi connectivity index (χ4v) is 2.39. The second-order valence-electron chi connectivity index (χ2n) is 7.38. The molecule has 0 spiro atoms. The molecule has 2 rings (SSSR count). The zero-order chi connectivity index (χ0) is 20.7. The summed E-state index contributed by atoms with van der Waals surface area (Å²) in [6, 6.07) is 16.0. The van der Waals surface area contributed by atoms with Gasteiger partial charge < -0.3 is 14.8 Å². The summed E-state index contributed by atoms with van der Waals surface area (Å²) in [7, 11) is 0. The van der Waals surface area contributed by atoms with Crippen LogP contribution in [0.3, 0.4) is 0 Å². The minimum absolute atomic E-state index is 0.0347. The molecule has 6 nitrogen and oxygen atoms in total. The second kappa shape index (κ2) is 9.05. The Morgan fingerprint density at radius 1 is 1.14 bits per heavy atom. The van der Waals surface area contributed by atoms with Crippen LogP contribution >= 0.6 is 0 Å². The number of hydrogen-bond acceptors (Lipinski definition) is 5. The molecular weight excluding hydrogens is 356 g/mol. The maximum Gasteiger partial charge on any atom is 0.344 e. The van der Waals surface area contributed by atoms with E-state index in [0.29, 0.717) is 17.0 Å². The molecule has 0 unspecified atom stereocenters. The van der Waals surface area contributed by atoms with Crippen molar-refractivity contribution >= 4 is 17.6 Å². The summed E-state index contributed by atoms with van der Waals surface area (Å²) in [5.41, 5.74) is 2.08. The molecule has 0 radical (unpaired) electrons. The van der Waals surface area contributed by atoms with E-state index in [1.807, 2.05) is 18.2 Å². The second-order valence-corrected chi connectivity index (χ2v) is 7.38. The molecule has 1 N–H and O–H groups in total. The van der Waals surface area contributed by atoms with Crippen LogP contribution in [0.25, 0.3) is 0 Å². The average Bonchev–Trinajstić information content (AvgIpc) is 2.66. The zero-order valence-corrected chi connectivity index (χ0v) is 16.5. The van der Waals surface area contributed by atoms with E-state index in [1.54, 1.807) is 30.3 Å². The molecule has 6 heteroatoms. The Hall–Kier alpha value is -3.33. The average molecular weight is 380 g/mol. The van der Waals surface area contributed by atoms with Crippen molar-refractivity contribution in [3.63, 3.8) is 0 Å². The molecule has 0 aliphatic heterocycles. The number of nitriles is 1. The number of nitrogens with zero attached hydrogens (tertiary/aromatic N) is 1. The Morgan fingerprint density at radius 2 is 1.82 bits per heavy atom. The van der Waals surface area contributed by atoms with Crippen LogP contribution in [0, 0.1) is 11.3 Å². The lowest BCUT2D eigenvalue weighted by Gasteiger charge is -2.19. The van der Waals surface area contributed by atoms with Gasteiger partial charge in [0.25, 0.3) is 5.91 Å². The fraction of sp³-hybridized carbons (Fsp3) is 0.318. The maximum absolute atomic E-state index is 12.1. The predicted octanol–water partition coefficient (Wildman–Crippen LogP) is 3.80. The van der Waals surface area contributed by atoms with E-state index < -0.39 is 18.0 Å². The lowest BCUT2D eigenvalue weighted by atomic mass is 9.87. The van der Waals surface area contributed by atoms with E-state index in [1.165, 1.54) is 13.0 Å². The Bertz CT molecular complexity index is 877. The summed E-state index contributed by atoms with van der Waals surface area (Å²) in [6.45, 7) is 7.52. The largest absolute Gasteiger partial charge is 0.482 e. The maximum atomic E-state index is 12.1. The first-order chi connectivity index (χ1) is 13.2. The van der Waals surface area contributed by atoms with Crippen molar-refractivity contribution in [3.8, 4) is 11.8 Å². The molecule has 0 saturated carbocycles. The molecule has 1 atom stereocenters. The standard InChI is InChI=1S/C22H24N2O4/c1-15(21(26)24-18-7-5-6-16(12-18)13-23)28-20(25)14-27-19-10-8-17(9-11-19)22(2,3)4/h5-12,15H,14H2,1-4H3,(H,24,26)/t15-/m1/s1. The van der Waals surface area contributed by atoms with Crippen LogP contribution in [0.1, 0.15) is 38.8 Å². The highest BCUT2D eigenvalue weighted by Gasteiger charge is 2.19. The smallest absolute Gasteiger partial charge is 0.344 e. The van der Waals surface area contributed by atoms with Crippen molar-refractivity contribution in [1.29, 1.82) is 5.26 Å². The van der Waals surface area contributed by atoms with Gasteiger partial charge in [-0.3, -0.25) is 4.79 Å². The molecule has 0 heterocycles. The van der Waals surface area contributed by atoms with Gasteiger partial charge in [-0.05, 0) is 48.2 Å². The minimum atomic E-state index is -0.995. The molecular formula is C22H24N2O4. The van der Waals surface area contributed by atoms with Crippen molar-refractivity contribution in [2.24, 2.45) is 0 Å². The van der Waals surface area contributed by atoms with Gasteiger partial charge >= 0.3 is 5.97 Å². The van der Waals surface area contributed by atoms with E-state index in [0.717, 1.165) is 5.56 Å². The summed E-state index contributed by atoms with van der Waals surface area (Å²) < 4.78 is 10.5. The van der Waals surface area contributed by atoms with Gasteiger partial charge in [-0.1, -0.05) is 39.0 Å². The third kappa shape index (κ3) is 6.13. The van der Waals surface area contributed by atoms with Crippen molar-refractivity contribution < 1.29 is 19.1 Å². The highest BCUT2D eigenvalue weighted by atomic mass is 16.6. The molecule has 2 aromatic rings. The number of ether oxygens (including phenoxy) is 2. The SMILES string of the molecule is C[C@@H](OC(=O)COc1ccc(C(C)(C)C)cc1)C(=O)Nc1cccc(C#N)c1. The summed E-state index contributed by atoms with van der Waals surface area (Å²) in [5.74, 6) is -0.582. The van der Waals surface area contributed by atoms with Crippen LogP contribution in [0.4, 0.5) is 5.69 Å². The van der Waals surface area contributed by atoms with Crippen molar-refractivity contribution in [1.82, 2.24) is 0 Å². The lowest BCUT2D eigenvalue weighted by Crippen LogP contribution is -2.31. The van der Waals surface area contributed by atoms with Crippen molar-refractivity contribution in [3.05, 3.63) is 59.7 Å². The topological polar surface area (TPSA) is 88.4 Å². The van der Waals surface area contributed by atoms with Gasteiger partial charge in [0.05, 0.1) is 11.6 Å². The molecule has 0 saturated heterocycles. The van der Waals surface area contributed by atoms with Gasteiger partial charge in [-0.2, -0.15) is 5.26 Å². The molecule has 146 valence electrons. The van der Waals surface area contributed by atoms with Gasteiger partial charge in [0.1, 0.15) is 5.75 Å². The molecule has 0 bridgehead atoms. The van der Waals surface area contributed by atoms with E-state index in [4.69, 9.17) is 14.7 Å². The van der Waals surface area contributed by atoms with Crippen LogP contribution < -0.4 is 10.1 Å². The van der Waals surface area contributed by atoms with Crippen LogP contribution in [0.5, 0.6) is 5.75 Å². The Morgan fingerprint density at radius 3 is 2.43 bits per heavy atom. The number of anilines is 1. The molecule has 0 aliphatic rings. The van der Waals surface area contributed by atoms with Crippen LogP contribution in [-0.4, -0.2) is 24.6 Å². The van der Waals surface area contributed by atoms with Gasteiger partial charge in [0.2, 0.25) is 0 Å². The number of esters is 1. The van der Waals surface area contributed by atoms with Gasteiger partial charge in [-0.15, -0.1) is 0 Å². The van der Waals surface area contributed by atoms with E-state index in [-0.39, 0.29) is 12.0 Å². The van der Waals surface area contributed by atoms with Gasteiger partial charge in [0, 0.05) is 5.69 Å². The molecule has 0 fully saturated rings. The normalized spacial score (nSPS) is 11.8. The van der Waals surface area contributed by atoms with E-state index >= 15 is 0 Å². The summed E-state index contributed by atoms with van der Waals surface area (Å²) in [6.07, 6.45) is -0.995. The zero-order valence-electron chi connectivity index (χ0n) is 16.5. The summed E-state index contributed by atoms with van der Waals surface area (Å²) >= 11 is 0. The number of carbonyl (C=O) groups excluding carboxylic acids is 2. The van der Waals surface area contributed by atoms with Crippen LogP contribution in [0.15, 0.2) is 48.5 Å². The summed E-state index contributed by atoms with van der Waals surface area (Å²) in [5, 5.41) is 11.5. The monoisotopic (exact) mass is 380 g/mol. The third-order valence-corrected chi connectivity index (χ3v) is 4.01.